The summed E-state index contributed by atoms with van der Waals surface area (Å²) in [6.07, 6.45) is 3.41. The predicted octanol–water partition coefficient (Wildman–Crippen LogP) is 2.88. The van der Waals surface area contributed by atoms with Crippen LogP contribution in [0.25, 0.3) is 0 Å². The van der Waals surface area contributed by atoms with Gasteiger partial charge in [0.05, 0.1) is 12.8 Å². The molecule has 0 aliphatic carbocycles. The second-order valence-electron chi connectivity index (χ2n) is 7.28. The van der Waals surface area contributed by atoms with E-state index in [-0.39, 0.29) is 5.91 Å². The second-order valence-corrected chi connectivity index (χ2v) is 8.03. The molecule has 1 saturated heterocycles. The number of aromatic nitrogens is 2. The lowest BCUT2D eigenvalue weighted by atomic mass is 9.97. The van der Waals surface area contributed by atoms with Crippen LogP contribution in [0.2, 0.25) is 0 Å². The Morgan fingerprint density at radius 2 is 2.15 bits per heavy atom. The molecule has 1 fully saturated rings. The number of carbonyl (C=O) groups excluding carboxylic acids is 1. The zero-order valence-corrected chi connectivity index (χ0v) is 17.2. The van der Waals surface area contributed by atoms with E-state index in [1.807, 2.05) is 31.0 Å². The van der Waals surface area contributed by atoms with E-state index in [1.165, 1.54) is 29.9 Å². The Kier molecular flexibility index (Phi) is 6.79. The van der Waals surface area contributed by atoms with Gasteiger partial charge in [0.15, 0.2) is 0 Å². The van der Waals surface area contributed by atoms with Gasteiger partial charge in [-0.2, -0.15) is 0 Å². The van der Waals surface area contributed by atoms with Crippen LogP contribution in [0.15, 0.2) is 24.3 Å². The summed E-state index contributed by atoms with van der Waals surface area (Å²) in [5, 5.41) is 3.95. The zero-order chi connectivity index (χ0) is 19.2. The highest BCUT2D eigenvalue weighted by molar-refractivity contribution is 7.07. The number of aryl methyl sites for hydroxylation is 1. The van der Waals surface area contributed by atoms with Crippen LogP contribution in [0.4, 0.5) is 0 Å². The van der Waals surface area contributed by atoms with Crippen molar-refractivity contribution in [3.8, 4) is 5.75 Å². The molecule has 0 radical (unpaired) electrons. The first kappa shape index (κ1) is 19.8. The number of likely N-dealkylation sites (tertiary alicyclic amines) is 1. The van der Waals surface area contributed by atoms with E-state index in [0.29, 0.717) is 10.8 Å². The van der Waals surface area contributed by atoms with Gasteiger partial charge in [0.1, 0.15) is 10.6 Å². The Labute approximate surface area is 165 Å². The first-order chi connectivity index (χ1) is 13.1. The molecule has 0 spiro atoms. The quantitative estimate of drug-likeness (QED) is 0.730. The van der Waals surface area contributed by atoms with Crippen LogP contribution >= 0.6 is 11.5 Å². The van der Waals surface area contributed by atoms with Crippen molar-refractivity contribution in [3.63, 3.8) is 0 Å². The average molecular weight is 389 g/mol. The summed E-state index contributed by atoms with van der Waals surface area (Å²) in [5.74, 6) is 1.46. The molecular weight excluding hydrogens is 360 g/mol. The van der Waals surface area contributed by atoms with Crippen molar-refractivity contribution in [1.82, 2.24) is 19.4 Å². The fourth-order valence-corrected chi connectivity index (χ4v) is 4.31. The molecule has 1 aromatic heterocycles. The number of hydrogen-bond acceptors (Lipinski definition) is 6. The van der Waals surface area contributed by atoms with Crippen LogP contribution < -0.4 is 4.74 Å². The minimum absolute atomic E-state index is 0.0397. The Bertz CT molecular complexity index is 747. The molecule has 1 atom stereocenters. The minimum Gasteiger partial charge on any atom is -0.497 e. The van der Waals surface area contributed by atoms with Gasteiger partial charge in [-0.3, -0.25) is 4.79 Å². The molecular formula is C20H28N4O2S. The summed E-state index contributed by atoms with van der Waals surface area (Å²) < 4.78 is 9.09. The van der Waals surface area contributed by atoms with Crippen LogP contribution in [0.1, 0.15) is 33.8 Å². The van der Waals surface area contributed by atoms with E-state index in [1.54, 1.807) is 7.11 Å². The smallest absolute Gasteiger partial charge is 0.267 e. The fraction of sp³-hybridized carbons (Fsp3) is 0.550. The van der Waals surface area contributed by atoms with Crippen LogP contribution in [-0.2, 0) is 6.42 Å². The average Bonchev–Trinajstić information content (AvgIpc) is 3.12. The fourth-order valence-electron chi connectivity index (χ4n) is 3.65. The lowest BCUT2D eigenvalue weighted by Gasteiger charge is -2.34. The molecule has 1 aliphatic heterocycles. The third kappa shape index (κ3) is 5.26. The summed E-state index contributed by atoms with van der Waals surface area (Å²) >= 11 is 1.19. The first-order valence-electron chi connectivity index (χ1n) is 9.46. The number of amides is 1. The molecule has 0 saturated carbocycles. The van der Waals surface area contributed by atoms with Gasteiger partial charge in [-0.15, -0.1) is 5.10 Å². The molecule has 1 aliphatic rings. The number of hydrogen-bond donors (Lipinski definition) is 0. The maximum absolute atomic E-state index is 12.6. The maximum atomic E-state index is 12.6. The maximum Gasteiger partial charge on any atom is 0.267 e. The predicted molar refractivity (Wildman–Crippen MR) is 107 cm³/mol. The molecule has 0 unspecified atom stereocenters. The number of rotatable bonds is 7. The van der Waals surface area contributed by atoms with Crippen molar-refractivity contribution >= 4 is 17.4 Å². The molecule has 3 rings (SSSR count). The first-order valence-corrected chi connectivity index (χ1v) is 10.2. The van der Waals surface area contributed by atoms with Gasteiger partial charge in [0.25, 0.3) is 5.91 Å². The molecule has 0 bridgehead atoms. The zero-order valence-electron chi connectivity index (χ0n) is 16.4. The topological polar surface area (TPSA) is 58.6 Å². The van der Waals surface area contributed by atoms with E-state index in [0.717, 1.165) is 44.0 Å². The van der Waals surface area contributed by atoms with Gasteiger partial charge in [-0.05, 0) is 67.9 Å². The summed E-state index contributed by atoms with van der Waals surface area (Å²) in [4.78, 5) is 17.6. The number of carbonyl (C=O) groups is 1. The van der Waals surface area contributed by atoms with Crippen LogP contribution in [-0.4, -0.2) is 65.6 Å². The highest BCUT2D eigenvalue weighted by Gasteiger charge is 2.24. The monoisotopic (exact) mass is 388 g/mol. The minimum atomic E-state index is 0.0397. The van der Waals surface area contributed by atoms with Crippen molar-refractivity contribution in [2.75, 3.05) is 40.3 Å². The number of piperidine rings is 1. The molecule has 1 aromatic carbocycles. The van der Waals surface area contributed by atoms with Gasteiger partial charge >= 0.3 is 0 Å². The van der Waals surface area contributed by atoms with Crippen molar-refractivity contribution in [2.45, 2.75) is 26.2 Å². The molecule has 27 heavy (non-hydrogen) atoms. The number of benzene rings is 1. The van der Waals surface area contributed by atoms with Crippen LogP contribution in [0, 0.1) is 12.8 Å². The summed E-state index contributed by atoms with van der Waals surface area (Å²) in [5.41, 5.74) is 2.06. The van der Waals surface area contributed by atoms with E-state index < -0.39 is 0 Å². The normalized spacial score (nSPS) is 17.7. The Hall–Kier alpha value is -1.99. The third-order valence-electron chi connectivity index (χ3n) is 5.20. The summed E-state index contributed by atoms with van der Waals surface area (Å²) in [6.45, 7) is 5.87. The van der Waals surface area contributed by atoms with Crippen LogP contribution in [0.3, 0.4) is 0 Å². The van der Waals surface area contributed by atoms with Gasteiger partial charge < -0.3 is 14.5 Å². The largest absolute Gasteiger partial charge is 0.497 e. The van der Waals surface area contributed by atoms with E-state index >= 15 is 0 Å². The molecule has 6 nitrogen and oxygen atoms in total. The second kappa shape index (κ2) is 9.28. The van der Waals surface area contributed by atoms with Crippen molar-refractivity contribution in [1.29, 1.82) is 0 Å². The van der Waals surface area contributed by atoms with Gasteiger partial charge in [-0.25, -0.2) is 0 Å². The Morgan fingerprint density at radius 1 is 1.37 bits per heavy atom. The molecule has 2 heterocycles. The Morgan fingerprint density at radius 3 is 2.81 bits per heavy atom. The van der Waals surface area contributed by atoms with Crippen molar-refractivity contribution in [2.24, 2.45) is 5.92 Å². The molecule has 146 valence electrons. The van der Waals surface area contributed by atoms with E-state index in [2.05, 4.69) is 26.6 Å². The number of methoxy groups -OCH3 is 1. The highest BCUT2D eigenvalue weighted by atomic mass is 32.1. The molecule has 2 aromatic rings. The van der Waals surface area contributed by atoms with Gasteiger partial charge in [0, 0.05) is 26.7 Å². The van der Waals surface area contributed by atoms with Crippen molar-refractivity contribution in [3.05, 3.63) is 40.4 Å². The highest BCUT2D eigenvalue weighted by Crippen LogP contribution is 2.20. The lowest BCUT2D eigenvalue weighted by Crippen LogP contribution is -2.42. The number of ether oxygens (including phenoxy) is 1. The lowest BCUT2D eigenvalue weighted by molar-refractivity contribution is 0.0734. The van der Waals surface area contributed by atoms with E-state index in [4.69, 9.17) is 4.74 Å². The summed E-state index contributed by atoms with van der Waals surface area (Å²) in [6, 6.07) is 8.31. The summed E-state index contributed by atoms with van der Waals surface area (Å²) in [7, 11) is 3.58. The Balaban J connectivity index is 1.48. The number of nitrogens with zero attached hydrogens (tertiary/aromatic N) is 4. The molecule has 7 heteroatoms. The SMILES string of the molecule is COc1ccc(CCN2CCC[C@@H](CN(C)C(=O)c3snnc3C)C2)cc1. The molecule has 0 N–H and O–H groups in total. The molecule has 1 amide bonds. The standard InChI is InChI=1S/C20H28N4O2S/c1-15-19(27-22-21-15)20(25)23(2)13-17-5-4-11-24(14-17)12-10-16-6-8-18(26-3)9-7-16/h6-9,17H,4-5,10-14H2,1-3H3/t17-/m0/s1. The van der Waals surface area contributed by atoms with Gasteiger partial charge in [0.2, 0.25) is 0 Å². The van der Waals surface area contributed by atoms with Gasteiger partial charge in [-0.1, -0.05) is 16.6 Å². The van der Waals surface area contributed by atoms with Crippen LogP contribution in [0.5, 0.6) is 5.75 Å². The third-order valence-corrected chi connectivity index (χ3v) is 6.02. The van der Waals surface area contributed by atoms with Crippen molar-refractivity contribution < 1.29 is 9.53 Å². The van der Waals surface area contributed by atoms with E-state index in [9.17, 15) is 4.79 Å².